The third-order valence-electron chi connectivity index (χ3n) is 3.14. The van der Waals surface area contributed by atoms with Gasteiger partial charge in [-0.05, 0) is 17.0 Å². The van der Waals surface area contributed by atoms with Crippen LogP contribution in [0.3, 0.4) is 0 Å². The highest BCUT2D eigenvalue weighted by atomic mass is 14.7. The SMILES string of the molecule is NCc1ccc(-c2nccc3ccccc23)cc1. The number of hydrogen-bond donors (Lipinski definition) is 1. The number of aromatic nitrogens is 1. The summed E-state index contributed by atoms with van der Waals surface area (Å²) in [5.41, 5.74) is 8.90. The van der Waals surface area contributed by atoms with Crippen LogP contribution in [0.15, 0.2) is 60.8 Å². The Morgan fingerprint density at radius 3 is 2.44 bits per heavy atom. The molecular formula is C16H14N2. The first-order valence-electron chi connectivity index (χ1n) is 6.01. The fraction of sp³-hybridized carbons (Fsp3) is 0.0625. The number of benzene rings is 2. The van der Waals surface area contributed by atoms with Crippen LogP contribution in [-0.2, 0) is 6.54 Å². The van der Waals surface area contributed by atoms with Crippen molar-refractivity contribution in [3.8, 4) is 11.3 Å². The maximum Gasteiger partial charge on any atom is 0.0780 e. The molecule has 0 aliphatic carbocycles. The fourth-order valence-corrected chi connectivity index (χ4v) is 2.15. The van der Waals surface area contributed by atoms with Gasteiger partial charge < -0.3 is 5.73 Å². The van der Waals surface area contributed by atoms with Crippen LogP contribution in [0, 0.1) is 0 Å². The van der Waals surface area contributed by atoms with E-state index in [1.54, 1.807) is 0 Å². The van der Waals surface area contributed by atoms with Gasteiger partial charge in [-0.1, -0.05) is 48.5 Å². The fourth-order valence-electron chi connectivity index (χ4n) is 2.15. The largest absolute Gasteiger partial charge is 0.326 e. The van der Waals surface area contributed by atoms with E-state index in [2.05, 4.69) is 41.4 Å². The van der Waals surface area contributed by atoms with E-state index >= 15 is 0 Å². The van der Waals surface area contributed by atoms with Gasteiger partial charge in [0.2, 0.25) is 0 Å². The summed E-state index contributed by atoms with van der Waals surface area (Å²) in [5, 5.41) is 2.39. The lowest BCUT2D eigenvalue weighted by molar-refractivity contribution is 1.07. The van der Waals surface area contributed by atoms with Gasteiger partial charge in [-0.3, -0.25) is 4.98 Å². The molecule has 3 aromatic rings. The summed E-state index contributed by atoms with van der Waals surface area (Å²) in [5.74, 6) is 0. The molecule has 18 heavy (non-hydrogen) atoms. The van der Waals surface area contributed by atoms with Crippen LogP contribution in [0.25, 0.3) is 22.0 Å². The smallest absolute Gasteiger partial charge is 0.0780 e. The normalized spacial score (nSPS) is 10.7. The quantitative estimate of drug-likeness (QED) is 0.738. The third kappa shape index (κ3) is 1.87. The highest BCUT2D eigenvalue weighted by Crippen LogP contribution is 2.26. The highest BCUT2D eigenvalue weighted by molar-refractivity contribution is 5.94. The number of hydrogen-bond acceptors (Lipinski definition) is 2. The Balaban J connectivity index is 2.18. The zero-order valence-electron chi connectivity index (χ0n) is 10.0. The molecule has 0 radical (unpaired) electrons. The predicted molar refractivity (Wildman–Crippen MR) is 75.1 cm³/mol. The molecule has 0 aliphatic heterocycles. The van der Waals surface area contributed by atoms with E-state index in [1.807, 2.05) is 24.4 Å². The first kappa shape index (κ1) is 10.9. The van der Waals surface area contributed by atoms with Crippen molar-refractivity contribution in [3.05, 3.63) is 66.4 Å². The summed E-state index contributed by atoms with van der Waals surface area (Å²) in [4.78, 5) is 4.50. The topological polar surface area (TPSA) is 38.9 Å². The standard InChI is InChI=1S/C16H14N2/c17-11-12-5-7-14(8-6-12)16-15-4-2-1-3-13(15)9-10-18-16/h1-10H,11,17H2. The molecule has 0 fully saturated rings. The summed E-state index contributed by atoms with van der Waals surface area (Å²) in [7, 11) is 0. The van der Waals surface area contributed by atoms with Gasteiger partial charge in [-0.2, -0.15) is 0 Å². The van der Waals surface area contributed by atoms with Crippen molar-refractivity contribution in [2.45, 2.75) is 6.54 Å². The lowest BCUT2D eigenvalue weighted by Gasteiger charge is -2.06. The van der Waals surface area contributed by atoms with Crippen molar-refractivity contribution >= 4 is 10.8 Å². The van der Waals surface area contributed by atoms with E-state index in [9.17, 15) is 0 Å². The van der Waals surface area contributed by atoms with Crippen LogP contribution in [0.5, 0.6) is 0 Å². The highest BCUT2D eigenvalue weighted by Gasteiger charge is 2.04. The number of fused-ring (bicyclic) bond motifs is 1. The van der Waals surface area contributed by atoms with Gasteiger partial charge in [0, 0.05) is 23.7 Å². The van der Waals surface area contributed by atoms with Crippen molar-refractivity contribution in [2.75, 3.05) is 0 Å². The van der Waals surface area contributed by atoms with Crippen molar-refractivity contribution < 1.29 is 0 Å². The second-order valence-corrected chi connectivity index (χ2v) is 4.28. The second kappa shape index (κ2) is 4.59. The van der Waals surface area contributed by atoms with E-state index in [1.165, 1.54) is 10.8 Å². The Kier molecular flexibility index (Phi) is 2.79. The van der Waals surface area contributed by atoms with E-state index in [0.717, 1.165) is 16.8 Å². The monoisotopic (exact) mass is 234 g/mol. The maximum atomic E-state index is 5.61. The summed E-state index contributed by atoms with van der Waals surface area (Å²) in [6, 6.07) is 18.6. The van der Waals surface area contributed by atoms with E-state index in [-0.39, 0.29) is 0 Å². The zero-order valence-corrected chi connectivity index (χ0v) is 10.0. The molecule has 0 amide bonds. The Bertz CT molecular complexity index is 667. The molecule has 1 aromatic heterocycles. The minimum absolute atomic E-state index is 0.573. The number of nitrogens with zero attached hydrogens (tertiary/aromatic N) is 1. The molecule has 0 spiro atoms. The summed E-state index contributed by atoms with van der Waals surface area (Å²) >= 11 is 0. The van der Waals surface area contributed by atoms with Gasteiger partial charge in [0.1, 0.15) is 0 Å². The van der Waals surface area contributed by atoms with Crippen molar-refractivity contribution in [1.82, 2.24) is 4.98 Å². The van der Waals surface area contributed by atoms with Gasteiger partial charge >= 0.3 is 0 Å². The Morgan fingerprint density at radius 2 is 1.67 bits per heavy atom. The summed E-state index contributed by atoms with van der Waals surface area (Å²) in [6.07, 6.45) is 1.86. The molecule has 0 unspecified atom stereocenters. The minimum atomic E-state index is 0.573. The molecule has 0 bridgehead atoms. The minimum Gasteiger partial charge on any atom is -0.326 e. The molecule has 2 heteroatoms. The Hall–Kier alpha value is -2.19. The number of rotatable bonds is 2. The zero-order chi connectivity index (χ0) is 12.4. The molecule has 2 aromatic carbocycles. The lowest BCUT2D eigenvalue weighted by atomic mass is 10.0. The molecule has 1 heterocycles. The van der Waals surface area contributed by atoms with Crippen LogP contribution in [-0.4, -0.2) is 4.98 Å². The molecule has 2 N–H and O–H groups in total. The predicted octanol–water partition coefficient (Wildman–Crippen LogP) is 3.36. The maximum absolute atomic E-state index is 5.61. The van der Waals surface area contributed by atoms with Crippen molar-refractivity contribution in [3.63, 3.8) is 0 Å². The molecular weight excluding hydrogens is 220 g/mol. The second-order valence-electron chi connectivity index (χ2n) is 4.28. The number of pyridine rings is 1. The van der Waals surface area contributed by atoms with Crippen LogP contribution < -0.4 is 5.73 Å². The number of nitrogens with two attached hydrogens (primary N) is 1. The summed E-state index contributed by atoms with van der Waals surface area (Å²) < 4.78 is 0. The average Bonchev–Trinajstić information content (AvgIpc) is 2.47. The van der Waals surface area contributed by atoms with E-state index in [0.29, 0.717) is 6.54 Å². The van der Waals surface area contributed by atoms with Gasteiger partial charge in [0.05, 0.1) is 5.69 Å². The Labute approximate surface area is 106 Å². The van der Waals surface area contributed by atoms with Crippen LogP contribution >= 0.6 is 0 Å². The van der Waals surface area contributed by atoms with Crippen molar-refractivity contribution in [1.29, 1.82) is 0 Å². The molecule has 88 valence electrons. The molecule has 0 aliphatic rings. The van der Waals surface area contributed by atoms with Gasteiger partial charge in [-0.15, -0.1) is 0 Å². The van der Waals surface area contributed by atoms with Gasteiger partial charge in [-0.25, -0.2) is 0 Å². The van der Waals surface area contributed by atoms with Gasteiger partial charge in [0.25, 0.3) is 0 Å². The lowest BCUT2D eigenvalue weighted by Crippen LogP contribution is -1.95. The molecule has 0 saturated carbocycles. The first-order chi connectivity index (χ1) is 8.88. The Morgan fingerprint density at radius 1 is 0.889 bits per heavy atom. The third-order valence-corrected chi connectivity index (χ3v) is 3.14. The van der Waals surface area contributed by atoms with Crippen LogP contribution in [0.2, 0.25) is 0 Å². The molecule has 3 rings (SSSR count). The van der Waals surface area contributed by atoms with E-state index in [4.69, 9.17) is 5.73 Å². The van der Waals surface area contributed by atoms with Gasteiger partial charge in [0.15, 0.2) is 0 Å². The van der Waals surface area contributed by atoms with E-state index < -0.39 is 0 Å². The first-order valence-corrected chi connectivity index (χ1v) is 6.01. The molecule has 2 nitrogen and oxygen atoms in total. The summed E-state index contributed by atoms with van der Waals surface area (Å²) in [6.45, 7) is 0.573. The molecule has 0 saturated heterocycles. The molecule has 0 atom stereocenters. The van der Waals surface area contributed by atoms with Crippen molar-refractivity contribution in [2.24, 2.45) is 5.73 Å². The average molecular weight is 234 g/mol. The van der Waals surface area contributed by atoms with Crippen LogP contribution in [0.4, 0.5) is 0 Å². The van der Waals surface area contributed by atoms with Crippen LogP contribution in [0.1, 0.15) is 5.56 Å².